The molecule has 1 aromatic carbocycles. The van der Waals surface area contributed by atoms with E-state index in [4.69, 9.17) is 10.6 Å². The SMILES string of the molecule is NNC(=O)c1ccc(OCCN2CCNC(=O)CC2)cc1. The molecule has 0 aromatic heterocycles. The van der Waals surface area contributed by atoms with Gasteiger partial charge in [-0.25, -0.2) is 5.84 Å². The molecule has 0 spiro atoms. The van der Waals surface area contributed by atoms with Crippen LogP contribution in [0.4, 0.5) is 0 Å². The van der Waals surface area contributed by atoms with Crippen LogP contribution in [-0.2, 0) is 4.79 Å². The number of hydrogen-bond donors (Lipinski definition) is 3. The summed E-state index contributed by atoms with van der Waals surface area (Å²) in [5.41, 5.74) is 2.56. The van der Waals surface area contributed by atoms with E-state index in [0.29, 0.717) is 30.9 Å². The monoisotopic (exact) mass is 292 g/mol. The summed E-state index contributed by atoms with van der Waals surface area (Å²) in [5, 5.41) is 2.84. The van der Waals surface area contributed by atoms with Crippen molar-refractivity contribution in [2.75, 3.05) is 32.8 Å². The highest BCUT2D eigenvalue weighted by Crippen LogP contribution is 2.12. The highest BCUT2D eigenvalue weighted by Gasteiger charge is 2.12. The molecule has 7 heteroatoms. The first-order chi connectivity index (χ1) is 10.2. The summed E-state index contributed by atoms with van der Waals surface area (Å²) in [5.74, 6) is 5.54. The maximum Gasteiger partial charge on any atom is 0.265 e. The van der Waals surface area contributed by atoms with Gasteiger partial charge in [0.05, 0.1) is 0 Å². The van der Waals surface area contributed by atoms with E-state index in [9.17, 15) is 9.59 Å². The highest BCUT2D eigenvalue weighted by atomic mass is 16.5. The quantitative estimate of drug-likeness (QED) is 0.386. The molecule has 21 heavy (non-hydrogen) atoms. The number of nitrogens with zero attached hydrogens (tertiary/aromatic N) is 1. The number of ether oxygens (including phenoxy) is 1. The third kappa shape index (κ3) is 4.73. The number of nitrogens with two attached hydrogens (primary N) is 1. The van der Waals surface area contributed by atoms with Crippen molar-refractivity contribution in [2.45, 2.75) is 6.42 Å². The van der Waals surface area contributed by atoms with Crippen molar-refractivity contribution in [3.63, 3.8) is 0 Å². The molecule has 1 saturated heterocycles. The number of nitrogen functional groups attached to an aromatic ring is 1. The van der Waals surface area contributed by atoms with Gasteiger partial charge in [-0.3, -0.25) is 19.9 Å². The summed E-state index contributed by atoms with van der Waals surface area (Å²) in [4.78, 5) is 24.7. The highest BCUT2D eigenvalue weighted by molar-refractivity contribution is 5.93. The number of hydrogen-bond acceptors (Lipinski definition) is 5. The minimum Gasteiger partial charge on any atom is -0.492 e. The zero-order chi connectivity index (χ0) is 15.1. The number of carbonyl (C=O) groups excluding carboxylic acids is 2. The average Bonchev–Trinajstić information content (AvgIpc) is 2.72. The number of hydrazine groups is 1. The molecule has 0 radical (unpaired) electrons. The lowest BCUT2D eigenvalue weighted by Crippen LogP contribution is -2.32. The Balaban J connectivity index is 1.75. The van der Waals surface area contributed by atoms with Gasteiger partial charge in [0.15, 0.2) is 0 Å². The van der Waals surface area contributed by atoms with Crippen LogP contribution in [0.2, 0.25) is 0 Å². The van der Waals surface area contributed by atoms with E-state index in [1.807, 2.05) is 0 Å². The first-order valence-electron chi connectivity index (χ1n) is 6.92. The van der Waals surface area contributed by atoms with Crippen molar-refractivity contribution in [1.82, 2.24) is 15.6 Å². The van der Waals surface area contributed by atoms with Crippen LogP contribution in [-0.4, -0.2) is 49.5 Å². The van der Waals surface area contributed by atoms with Gasteiger partial charge in [-0.2, -0.15) is 0 Å². The van der Waals surface area contributed by atoms with Crippen LogP contribution in [0, 0.1) is 0 Å². The molecule has 0 saturated carbocycles. The van der Waals surface area contributed by atoms with Gasteiger partial charge in [0.2, 0.25) is 5.91 Å². The lowest BCUT2D eigenvalue weighted by Gasteiger charge is -2.18. The van der Waals surface area contributed by atoms with Gasteiger partial charge in [-0.05, 0) is 24.3 Å². The topological polar surface area (TPSA) is 96.7 Å². The van der Waals surface area contributed by atoms with E-state index in [2.05, 4.69) is 15.6 Å². The molecule has 2 rings (SSSR count). The summed E-state index contributed by atoms with van der Waals surface area (Å²) in [6, 6.07) is 6.79. The van der Waals surface area contributed by atoms with Crippen LogP contribution in [0.5, 0.6) is 5.75 Å². The molecule has 114 valence electrons. The van der Waals surface area contributed by atoms with E-state index >= 15 is 0 Å². The average molecular weight is 292 g/mol. The molecule has 0 bridgehead atoms. The summed E-state index contributed by atoms with van der Waals surface area (Å²) in [7, 11) is 0. The van der Waals surface area contributed by atoms with E-state index in [1.54, 1.807) is 24.3 Å². The van der Waals surface area contributed by atoms with Crippen LogP contribution in [0.25, 0.3) is 0 Å². The Morgan fingerprint density at radius 2 is 2.10 bits per heavy atom. The second-order valence-electron chi connectivity index (χ2n) is 4.79. The van der Waals surface area contributed by atoms with Gasteiger partial charge in [-0.15, -0.1) is 0 Å². The molecular formula is C14H20N4O3. The predicted octanol–water partition coefficient (Wildman–Crippen LogP) is -0.509. The molecule has 7 nitrogen and oxygen atoms in total. The van der Waals surface area contributed by atoms with E-state index in [-0.39, 0.29) is 11.8 Å². The Labute approximate surface area is 123 Å². The van der Waals surface area contributed by atoms with Gasteiger partial charge in [0, 0.05) is 38.2 Å². The lowest BCUT2D eigenvalue weighted by molar-refractivity contribution is -0.120. The molecule has 1 aliphatic rings. The van der Waals surface area contributed by atoms with Crippen LogP contribution in [0.15, 0.2) is 24.3 Å². The summed E-state index contributed by atoms with van der Waals surface area (Å²) >= 11 is 0. The van der Waals surface area contributed by atoms with Crippen molar-refractivity contribution >= 4 is 11.8 Å². The zero-order valence-corrected chi connectivity index (χ0v) is 11.8. The van der Waals surface area contributed by atoms with Crippen molar-refractivity contribution in [3.05, 3.63) is 29.8 Å². The van der Waals surface area contributed by atoms with Crippen LogP contribution in [0.3, 0.4) is 0 Å². The standard InChI is InChI=1S/C14H20N4O3/c15-17-14(20)11-1-3-12(4-2-11)21-10-9-18-7-5-13(19)16-6-8-18/h1-4H,5-10,15H2,(H,16,19)(H,17,20). The van der Waals surface area contributed by atoms with E-state index in [1.165, 1.54) is 0 Å². The second kappa shape index (κ2) is 7.61. The molecule has 1 aliphatic heterocycles. The number of carbonyl (C=O) groups is 2. The van der Waals surface area contributed by atoms with Crippen molar-refractivity contribution in [1.29, 1.82) is 0 Å². The number of benzene rings is 1. The largest absolute Gasteiger partial charge is 0.492 e. The number of nitrogens with one attached hydrogen (secondary N) is 2. The van der Waals surface area contributed by atoms with Crippen molar-refractivity contribution < 1.29 is 14.3 Å². The van der Waals surface area contributed by atoms with E-state index < -0.39 is 0 Å². The Morgan fingerprint density at radius 3 is 2.81 bits per heavy atom. The maximum atomic E-state index is 11.3. The fraction of sp³-hybridized carbons (Fsp3) is 0.429. The Morgan fingerprint density at radius 1 is 1.33 bits per heavy atom. The third-order valence-corrected chi connectivity index (χ3v) is 3.33. The van der Waals surface area contributed by atoms with Crippen LogP contribution in [0.1, 0.15) is 16.8 Å². The molecule has 0 unspecified atom stereocenters. The number of rotatable bonds is 5. The van der Waals surface area contributed by atoms with Gasteiger partial charge in [0.1, 0.15) is 12.4 Å². The van der Waals surface area contributed by atoms with Crippen molar-refractivity contribution in [3.8, 4) is 5.75 Å². The second-order valence-corrected chi connectivity index (χ2v) is 4.79. The first kappa shape index (κ1) is 15.3. The Hall–Kier alpha value is -2.12. The molecule has 0 aliphatic carbocycles. The van der Waals surface area contributed by atoms with Gasteiger partial charge in [0.25, 0.3) is 5.91 Å². The molecule has 1 fully saturated rings. The van der Waals surface area contributed by atoms with Gasteiger partial charge < -0.3 is 10.1 Å². The fourth-order valence-electron chi connectivity index (χ4n) is 2.12. The maximum absolute atomic E-state index is 11.3. The normalized spacial score (nSPS) is 16.0. The molecule has 4 N–H and O–H groups in total. The molecule has 2 amide bonds. The third-order valence-electron chi connectivity index (χ3n) is 3.33. The summed E-state index contributed by atoms with van der Waals surface area (Å²) in [6.45, 7) is 3.58. The fourth-order valence-corrected chi connectivity index (χ4v) is 2.12. The van der Waals surface area contributed by atoms with Crippen molar-refractivity contribution in [2.24, 2.45) is 5.84 Å². The van der Waals surface area contributed by atoms with Gasteiger partial charge >= 0.3 is 0 Å². The summed E-state index contributed by atoms with van der Waals surface area (Å²) in [6.07, 6.45) is 0.531. The van der Waals surface area contributed by atoms with E-state index in [0.717, 1.165) is 19.6 Å². The molecule has 1 aromatic rings. The lowest BCUT2D eigenvalue weighted by atomic mass is 10.2. The Kier molecular flexibility index (Phi) is 5.53. The predicted molar refractivity (Wildman–Crippen MR) is 77.7 cm³/mol. The first-order valence-corrected chi connectivity index (χ1v) is 6.92. The number of amides is 2. The molecule has 1 heterocycles. The van der Waals surface area contributed by atoms with Crippen LogP contribution >= 0.6 is 0 Å². The zero-order valence-electron chi connectivity index (χ0n) is 11.8. The minimum absolute atomic E-state index is 0.104. The van der Waals surface area contributed by atoms with Crippen LogP contribution < -0.4 is 21.3 Å². The molecule has 0 atom stereocenters. The molecular weight excluding hydrogens is 272 g/mol. The Bertz CT molecular complexity index is 489. The minimum atomic E-state index is -0.330. The smallest absolute Gasteiger partial charge is 0.265 e. The summed E-state index contributed by atoms with van der Waals surface area (Å²) < 4.78 is 5.63. The van der Waals surface area contributed by atoms with Gasteiger partial charge in [-0.1, -0.05) is 0 Å².